The van der Waals surface area contributed by atoms with Crippen LogP contribution < -0.4 is 4.90 Å². The monoisotopic (exact) mass is 421 g/mol. The van der Waals surface area contributed by atoms with Gasteiger partial charge in [0.2, 0.25) is 0 Å². The normalized spacial score (nSPS) is 10.9. The zero-order valence-electron chi connectivity index (χ0n) is 16.3. The summed E-state index contributed by atoms with van der Waals surface area (Å²) in [5, 5.41) is 0.606. The third kappa shape index (κ3) is 5.07. The fourth-order valence-corrected chi connectivity index (χ4v) is 4.02. The van der Waals surface area contributed by atoms with E-state index in [0.29, 0.717) is 22.8 Å². The van der Waals surface area contributed by atoms with Crippen LogP contribution in [0, 0.1) is 12.7 Å². The average Bonchev–Trinajstić information content (AvgIpc) is 3.07. The quantitative estimate of drug-likeness (QED) is 0.529. The van der Waals surface area contributed by atoms with Gasteiger partial charge in [-0.05, 0) is 50.3 Å². The van der Waals surface area contributed by atoms with Crippen molar-refractivity contribution in [3.05, 3.63) is 59.4 Å². The van der Waals surface area contributed by atoms with Gasteiger partial charge in [0, 0.05) is 18.7 Å². The third-order valence-corrected chi connectivity index (χ3v) is 5.66. The number of amides is 1. The molecule has 7 heteroatoms. The number of anilines is 1. The molecule has 0 aliphatic heterocycles. The second kappa shape index (κ2) is 9.96. The van der Waals surface area contributed by atoms with E-state index < -0.39 is 0 Å². The smallest absolute Gasteiger partial charge is 0.260 e. The molecule has 150 valence electrons. The van der Waals surface area contributed by atoms with Crippen LogP contribution >= 0.6 is 23.7 Å². The molecular formula is C21H25ClFN3OS. The molecule has 28 heavy (non-hydrogen) atoms. The Balaban J connectivity index is 0.00000280. The Morgan fingerprint density at radius 1 is 1.11 bits per heavy atom. The predicted molar refractivity (Wildman–Crippen MR) is 117 cm³/mol. The Morgan fingerprint density at radius 2 is 1.86 bits per heavy atom. The van der Waals surface area contributed by atoms with Crippen LogP contribution in [0.1, 0.15) is 29.8 Å². The summed E-state index contributed by atoms with van der Waals surface area (Å²) in [5.41, 5.74) is 2.39. The molecule has 1 aromatic heterocycles. The Morgan fingerprint density at radius 3 is 2.54 bits per heavy atom. The highest BCUT2D eigenvalue weighted by molar-refractivity contribution is 7.22. The predicted octanol–water partition coefficient (Wildman–Crippen LogP) is 5.15. The molecule has 0 saturated heterocycles. The van der Waals surface area contributed by atoms with Crippen LogP contribution in [0.2, 0.25) is 0 Å². The summed E-state index contributed by atoms with van der Waals surface area (Å²) >= 11 is 1.35. The third-order valence-electron chi connectivity index (χ3n) is 4.61. The molecule has 0 unspecified atom stereocenters. The standard InChI is InChI=1S/C21H24FN3OS.ClH/c1-4-24(5-2)11-12-25(20(26)16-8-6-7-15(3)13-16)21-23-18-10-9-17(22)14-19(18)27-21;/h6-10,13-14H,4-5,11-12H2,1-3H3;1H. The summed E-state index contributed by atoms with van der Waals surface area (Å²) in [6, 6.07) is 12.1. The van der Waals surface area contributed by atoms with Gasteiger partial charge in [0.15, 0.2) is 5.13 Å². The van der Waals surface area contributed by atoms with E-state index in [4.69, 9.17) is 0 Å². The summed E-state index contributed by atoms with van der Waals surface area (Å²) in [6.45, 7) is 9.33. The van der Waals surface area contributed by atoms with Crippen LogP contribution in [-0.4, -0.2) is 42.0 Å². The number of aryl methyl sites for hydroxylation is 1. The van der Waals surface area contributed by atoms with Crippen molar-refractivity contribution in [2.75, 3.05) is 31.1 Å². The number of rotatable bonds is 7. The van der Waals surface area contributed by atoms with Crippen molar-refractivity contribution in [3.8, 4) is 0 Å². The number of nitrogens with zero attached hydrogens (tertiary/aromatic N) is 3. The Labute approximate surface area is 175 Å². The van der Waals surface area contributed by atoms with Crippen molar-refractivity contribution in [1.29, 1.82) is 0 Å². The molecule has 0 saturated carbocycles. The van der Waals surface area contributed by atoms with Crippen molar-refractivity contribution in [3.63, 3.8) is 0 Å². The van der Waals surface area contributed by atoms with Gasteiger partial charge in [-0.2, -0.15) is 0 Å². The van der Waals surface area contributed by atoms with Gasteiger partial charge in [-0.25, -0.2) is 9.37 Å². The number of likely N-dealkylation sites (N-methyl/N-ethyl adjacent to an activating group) is 1. The maximum Gasteiger partial charge on any atom is 0.260 e. The van der Waals surface area contributed by atoms with E-state index in [1.54, 1.807) is 11.0 Å². The Bertz CT molecular complexity index is 942. The molecule has 0 bridgehead atoms. The molecule has 0 radical (unpaired) electrons. The van der Waals surface area contributed by atoms with Crippen molar-refractivity contribution in [1.82, 2.24) is 9.88 Å². The molecule has 3 aromatic rings. The van der Waals surface area contributed by atoms with E-state index in [2.05, 4.69) is 23.7 Å². The SMILES string of the molecule is CCN(CC)CCN(C(=O)c1cccc(C)c1)c1nc2ccc(F)cc2s1.Cl. The van der Waals surface area contributed by atoms with Gasteiger partial charge in [0.25, 0.3) is 5.91 Å². The number of aromatic nitrogens is 1. The first-order chi connectivity index (χ1) is 13.0. The zero-order chi connectivity index (χ0) is 19.4. The van der Waals surface area contributed by atoms with Crippen molar-refractivity contribution in [2.24, 2.45) is 0 Å². The van der Waals surface area contributed by atoms with Crippen LogP contribution in [0.25, 0.3) is 10.2 Å². The molecule has 0 N–H and O–H groups in total. The highest BCUT2D eigenvalue weighted by atomic mass is 35.5. The highest BCUT2D eigenvalue weighted by Crippen LogP contribution is 2.30. The number of carbonyl (C=O) groups is 1. The van der Waals surface area contributed by atoms with Gasteiger partial charge in [-0.3, -0.25) is 9.69 Å². The topological polar surface area (TPSA) is 36.4 Å². The minimum absolute atomic E-state index is 0. The van der Waals surface area contributed by atoms with Gasteiger partial charge >= 0.3 is 0 Å². The number of carbonyl (C=O) groups excluding carboxylic acids is 1. The maximum atomic E-state index is 13.6. The van der Waals surface area contributed by atoms with E-state index in [1.807, 2.05) is 31.2 Å². The summed E-state index contributed by atoms with van der Waals surface area (Å²) in [5.74, 6) is -0.372. The molecule has 3 rings (SSSR count). The Kier molecular flexibility index (Phi) is 7.92. The van der Waals surface area contributed by atoms with Crippen LogP contribution in [0.5, 0.6) is 0 Å². The maximum absolute atomic E-state index is 13.6. The van der Waals surface area contributed by atoms with Gasteiger partial charge in [-0.15, -0.1) is 12.4 Å². The highest BCUT2D eigenvalue weighted by Gasteiger charge is 2.22. The molecule has 0 fully saturated rings. The van der Waals surface area contributed by atoms with Gasteiger partial charge in [0.05, 0.1) is 10.2 Å². The first-order valence-corrected chi connectivity index (χ1v) is 10.0. The fourth-order valence-electron chi connectivity index (χ4n) is 3.00. The number of hydrogen-bond donors (Lipinski definition) is 0. The van der Waals surface area contributed by atoms with Crippen LogP contribution in [-0.2, 0) is 0 Å². The zero-order valence-corrected chi connectivity index (χ0v) is 17.9. The molecule has 2 aromatic carbocycles. The lowest BCUT2D eigenvalue weighted by molar-refractivity contribution is 0.0983. The van der Waals surface area contributed by atoms with E-state index in [9.17, 15) is 9.18 Å². The molecule has 0 spiro atoms. The number of hydrogen-bond acceptors (Lipinski definition) is 4. The lowest BCUT2D eigenvalue weighted by atomic mass is 10.1. The van der Waals surface area contributed by atoms with Crippen LogP contribution in [0.4, 0.5) is 9.52 Å². The minimum Gasteiger partial charge on any atom is -0.302 e. The van der Waals surface area contributed by atoms with E-state index in [1.165, 1.54) is 23.5 Å². The summed E-state index contributed by atoms with van der Waals surface area (Å²) in [6.07, 6.45) is 0. The van der Waals surface area contributed by atoms with E-state index in [0.717, 1.165) is 29.9 Å². The minimum atomic E-state index is -0.294. The lowest BCUT2D eigenvalue weighted by Crippen LogP contribution is -2.38. The van der Waals surface area contributed by atoms with Gasteiger partial charge in [-0.1, -0.05) is 42.9 Å². The van der Waals surface area contributed by atoms with Crippen molar-refractivity contribution < 1.29 is 9.18 Å². The second-order valence-electron chi connectivity index (χ2n) is 6.46. The van der Waals surface area contributed by atoms with Crippen LogP contribution in [0.15, 0.2) is 42.5 Å². The summed E-state index contributed by atoms with van der Waals surface area (Å²) in [4.78, 5) is 21.8. The molecule has 1 heterocycles. The number of fused-ring (bicyclic) bond motifs is 1. The molecule has 4 nitrogen and oxygen atoms in total. The largest absolute Gasteiger partial charge is 0.302 e. The van der Waals surface area contributed by atoms with Crippen LogP contribution in [0.3, 0.4) is 0 Å². The summed E-state index contributed by atoms with van der Waals surface area (Å²) in [7, 11) is 0. The molecular weight excluding hydrogens is 397 g/mol. The molecule has 0 aliphatic carbocycles. The van der Waals surface area contributed by atoms with Crippen molar-refractivity contribution >= 4 is 45.0 Å². The van der Waals surface area contributed by atoms with Gasteiger partial charge in [0.1, 0.15) is 5.82 Å². The molecule has 0 atom stereocenters. The second-order valence-corrected chi connectivity index (χ2v) is 7.47. The van der Waals surface area contributed by atoms with E-state index >= 15 is 0 Å². The Hall–Kier alpha value is -2.02. The number of halogens is 2. The van der Waals surface area contributed by atoms with Gasteiger partial charge < -0.3 is 4.90 Å². The average molecular weight is 422 g/mol. The van der Waals surface area contributed by atoms with Crippen molar-refractivity contribution in [2.45, 2.75) is 20.8 Å². The van der Waals surface area contributed by atoms with E-state index in [-0.39, 0.29) is 24.1 Å². The first-order valence-electron chi connectivity index (χ1n) is 9.18. The molecule has 0 aliphatic rings. The lowest BCUT2D eigenvalue weighted by Gasteiger charge is -2.24. The molecule has 1 amide bonds. The fraction of sp³-hybridized carbons (Fsp3) is 0.333. The number of benzene rings is 2. The summed E-state index contributed by atoms with van der Waals surface area (Å²) < 4.78 is 14.3. The number of thiazole rings is 1. The first kappa shape index (κ1) is 22.3.